The van der Waals surface area contributed by atoms with E-state index in [1.165, 1.54) is 19.3 Å². The van der Waals surface area contributed by atoms with E-state index in [1.54, 1.807) is 0 Å². The third kappa shape index (κ3) is 2.45. The van der Waals surface area contributed by atoms with Gasteiger partial charge in [0.2, 0.25) is 5.91 Å². The van der Waals surface area contributed by atoms with Gasteiger partial charge in [0.25, 0.3) is 0 Å². The Bertz CT molecular complexity index is 423. The van der Waals surface area contributed by atoms with Gasteiger partial charge in [-0.05, 0) is 68.6 Å². The predicted octanol–water partition coefficient (Wildman–Crippen LogP) is 3.40. The Balaban J connectivity index is 1.59. The molecule has 3 nitrogen and oxygen atoms in total. The second-order valence-electron chi connectivity index (χ2n) is 7.92. The molecule has 2 unspecified atom stereocenters. The number of amides is 1. The van der Waals surface area contributed by atoms with E-state index in [0.717, 1.165) is 50.5 Å². The second-order valence-corrected chi connectivity index (χ2v) is 7.92. The lowest BCUT2D eigenvalue weighted by molar-refractivity contribution is -0.155. The van der Waals surface area contributed by atoms with Crippen LogP contribution in [-0.4, -0.2) is 12.5 Å². The van der Waals surface area contributed by atoms with E-state index < -0.39 is 0 Å². The number of nitrogens with zero attached hydrogens (tertiary/aromatic N) is 1. The fourth-order valence-electron chi connectivity index (χ4n) is 5.70. The molecule has 4 saturated carbocycles. The van der Waals surface area contributed by atoms with Crippen molar-refractivity contribution >= 4 is 5.91 Å². The Labute approximate surface area is 122 Å². The molecule has 0 aromatic heterocycles. The molecule has 4 rings (SSSR count). The molecule has 0 heterocycles. The zero-order chi connectivity index (χ0) is 14.2. The third-order valence-electron chi connectivity index (χ3n) is 5.84. The Hall–Kier alpha value is -1.04. The Morgan fingerprint density at radius 3 is 2.55 bits per heavy atom. The minimum Gasteiger partial charge on any atom is -0.356 e. The maximum Gasteiger partial charge on any atom is 0.226 e. The summed E-state index contributed by atoms with van der Waals surface area (Å²) in [5.41, 5.74) is 0.385. The number of nitriles is 1. The maximum atomic E-state index is 12.7. The van der Waals surface area contributed by atoms with Crippen LogP contribution in [0.25, 0.3) is 0 Å². The molecule has 110 valence electrons. The van der Waals surface area contributed by atoms with Gasteiger partial charge in [-0.3, -0.25) is 4.79 Å². The first-order valence-corrected chi connectivity index (χ1v) is 8.21. The van der Waals surface area contributed by atoms with E-state index in [1.807, 2.05) is 0 Å². The van der Waals surface area contributed by atoms with Gasteiger partial charge >= 0.3 is 0 Å². The molecule has 3 heteroatoms. The quantitative estimate of drug-likeness (QED) is 0.781. The van der Waals surface area contributed by atoms with Gasteiger partial charge in [0.15, 0.2) is 0 Å². The van der Waals surface area contributed by atoms with Gasteiger partial charge in [0, 0.05) is 13.0 Å². The van der Waals surface area contributed by atoms with Gasteiger partial charge in [-0.25, -0.2) is 0 Å². The maximum absolute atomic E-state index is 12.7. The zero-order valence-corrected chi connectivity index (χ0v) is 12.6. The van der Waals surface area contributed by atoms with Gasteiger partial charge in [0.1, 0.15) is 0 Å². The summed E-state index contributed by atoms with van der Waals surface area (Å²) < 4.78 is 0. The van der Waals surface area contributed by atoms with Crippen molar-refractivity contribution in [3.63, 3.8) is 0 Å². The van der Waals surface area contributed by atoms with Crippen LogP contribution in [0.2, 0.25) is 0 Å². The summed E-state index contributed by atoms with van der Waals surface area (Å²) in [6.45, 7) is 3.15. The third-order valence-corrected chi connectivity index (χ3v) is 5.84. The molecule has 4 aliphatic rings. The fraction of sp³-hybridized carbons (Fsp3) is 0.882. The van der Waals surface area contributed by atoms with Gasteiger partial charge < -0.3 is 5.32 Å². The van der Waals surface area contributed by atoms with E-state index in [9.17, 15) is 4.79 Å². The number of carbonyl (C=O) groups is 1. The van der Waals surface area contributed by atoms with Crippen LogP contribution >= 0.6 is 0 Å². The molecule has 0 spiro atoms. The molecule has 0 radical (unpaired) electrons. The first-order chi connectivity index (χ1) is 9.55. The molecular weight excluding hydrogens is 248 g/mol. The SMILES string of the molecule is CC12CC3CC(C1)CC(C(=O)NCCCCC#N)(C3)C2. The van der Waals surface area contributed by atoms with Gasteiger partial charge in [-0.1, -0.05) is 6.92 Å². The summed E-state index contributed by atoms with van der Waals surface area (Å²) in [7, 11) is 0. The van der Waals surface area contributed by atoms with Crippen molar-refractivity contribution < 1.29 is 4.79 Å². The summed E-state index contributed by atoms with van der Waals surface area (Å²) in [4.78, 5) is 12.7. The second kappa shape index (κ2) is 5.06. The normalized spacial score (nSPS) is 41.4. The molecule has 20 heavy (non-hydrogen) atoms. The van der Waals surface area contributed by atoms with E-state index in [2.05, 4.69) is 18.3 Å². The summed E-state index contributed by atoms with van der Waals surface area (Å²) in [5.74, 6) is 1.91. The Morgan fingerprint density at radius 1 is 1.25 bits per heavy atom. The molecule has 4 bridgehead atoms. The van der Waals surface area contributed by atoms with E-state index >= 15 is 0 Å². The topological polar surface area (TPSA) is 52.9 Å². The monoisotopic (exact) mass is 274 g/mol. The van der Waals surface area contributed by atoms with Gasteiger partial charge in [0.05, 0.1) is 11.5 Å². The molecule has 0 aromatic rings. The number of hydrogen-bond donors (Lipinski definition) is 1. The van der Waals surface area contributed by atoms with Crippen molar-refractivity contribution in [3.8, 4) is 6.07 Å². The fourth-order valence-corrected chi connectivity index (χ4v) is 5.70. The predicted molar refractivity (Wildman–Crippen MR) is 77.7 cm³/mol. The highest BCUT2D eigenvalue weighted by atomic mass is 16.2. The van der Waals surface area contributed by atoms with Crippen LogP contribution in [0.4, 0.5) is 0 Å². The highest BCUT2D eigenvalue weighted by Gasteiger charge is 2.58. The minimum atomic E-state index is -0.0476. The van der Waals surface area contributed by atoms with Crippen LogP contribution in [0.3, 0.4) is 0 Å². The molecule has 0 aliphatic heterocycles. The van der Waals surface area contributed by atoms with Gasteiger partial charge in [-0.15, -0.1) is 0 Å². The lowest BCUT2D eigenvalue weighted by atomic mass is 9.44. The molecule has 1 N–H and O–H groups in total. The molecule has 1 amide bonds. The van der Waals surface area contributed by atoms with Crippen molar-refractivity contribution in [3.05, 3.63) is 0 Å². The van der Waals surface area contributed by atoms with E-state index in [-0.39, 0.29) is 5.41 Å². The zero-order valence-electron chi connectivity index (χ0n) is 12.6. The number of rotatable bonds is 5. The number of nitrogens with one attached hydrogen (secondary N) is 1. The number of hydrogen-bond acceptors (Lipinski definition) is 2. The van der Waals surface area contributed by atoms with E-state index in [4.69, 9.17) is 5.26 Å². The van der Waals surface area contributed by atoms with Crippen molar-refractivity contribution in [2.75, 3.05) is 6.54 Å². The summed E-state index contributed by atoms with van der Waals surface area (Å²) in [6.07, 6.45) is 9.85. The molecule has 0 aromatic carbocycles. The minimum absolute atomic E-state index is 0.0476. The molecule has 2 atom stereocenters. The molecule has 4 aliphatic carbocycles. The average molecular weight is 274 g/mol. The van der Waals surface area contributed by atoms with Crippen LogP contribution in [-0.2, 0) is 4.79 Å². The molecule has 0 saturated heterocycles. The van der Waals surface area contributed by atoms with Gasteiger partial charge in [-0.2, -0.15) is 5.26 Å². The first kappa shape index (κ1) is 13.9. The van der Waals surface area contributed by atoms with Crippen molar-refractivity contribution in [1.29, 1.82) is 5.26 Å². The van der Waals surface area contributed by atoms with Crippen molar-refractivity contribution in [2.24, 2.45) is 22.7 Å². The van der Waals surface area contributed by atoms with Crippen LogP contribution in [0.1, 0.15) is 64.7 Å². The summed E-state index contributed by atoms with van der Waals surface area (Å²) >= 11 is 0. The number of carbonyl (C=O) groups excluding carboxylic acids is 1. The lowest BCUT2D eigenvalue weighted by Crippen LogP contribution is -2.56. The summed E-state index contributed by atoms with van der Waals surface area (Å²) in [5, 5.41) is 11.7. The van der Waals surface area contributed by atoms with Crippen molar-refractivity contribution in [1.82, 2.24) is 5.32 Å². The van der Waals surface area contributed by atoms with Crippen LogP contribution in [0.5, 0.6) is 0 Å². The Kier molecular flexibility index (Phi) is 3.52. The lowest BCUT2D eigenvalue weighted by Gasteiger charge is -2.60. The summed E-state index contributed by atoms with van der Waals surface area (Å²) in [6, 6.07) is 2.16. The first-order valence-electron chi connectivity index (χ1n) is 8.21. The van der Waals surface area contributed by atoms with E-state index in [0.29, 0.717) is 17.7 Å². The highest BCUT2D eigenvalue weighted by molar-refractivity contribution is 5.83. The Morgan fingerprint density at radius 2 is 1.95 bits per heavy atom. The smallest absolute Gasteiger partial charge is 0.226 e. The molecule has 4 fully saturated rings. The standard InChI is InChI=1S/C17H26N2O/c1-16-8-13-7-14(9-16)11-17(10-13,12-16)15(20)19-6-4-2-3-5-18/h13-14H,2-4,6-12H2,1H3,(H,19,20). The highest BCUT2D eigenvalue weighted by Crippen LogP contribution is 2.65. The van der Waals surface area contributed by atoms with Crippen molar-refractivity contribution in [2.45, 2.75) is 64.7 Å². The van der Waals surface area contributed by atoms with Crippen LogP contribution in [0, 0.1) is 34.0 Å². The number of unbranched alkanes of at least 4 members (excludes halogenated alkanes) is 2. The largest absolute Gasteiger partial charge is 0.356 e. The average Bonchev–Trinajstić information content (AvgIpc) is 2.35. The molecular formula is C17H26N2O. The van der Waals surface area contributed by atoms with Crippen LogP contribution in [0.15, 0.2) is 0 Å². The van der Waals surface area contributed by atoms with Crippen LogP contribution < -0.4 is 5.32 Å².